The summed E-state index contributed by atoms with van der Waals surface area (Å²) >= 11 is 0. The molecule has 1 atom stereocenters. The molecule has 1 aromatic carbocycles. The van der Waals surface area contributed by atoms with Crippen LogP contribution in [0.25, 0.3) is 0 Å². The lowest BCUT2D eigenvalue weighted by atomic mass is 9.98. The van der Waals surface area contributed by atoms with Crippen molar-refractivity contribution in [3.05, 3.63) is 41.5 Å². The summed E-state index contributed by atoms with van der Waals surface area (Å²) in [6.45, 7) is 6.22. The van der Waals surface area contributed by atoms with Gasteiger partial charge in [-0.05, 0) is 36.5 Å². The van der Waals surface area contributed by atoms with Gasteiger partial charge in [0.25, 0.3) is 0 Å². The molecule has 1 N–H and O–H groups in total. The Kier molecular flexibility index (Phi) is 3.75. The van der Waals surface area contributed by atoms with E-state index >= 15 is 0 Å². The summed E-state index contributed by atoms with van der Waals surface area (Å²) < 4.78 is 0. The van der Waals surface area contributed by atoms with Crippen molar-refractivity contribution in [2.75, 3.05) is 0 Å². The normalized spacial score (nSPS) is 13.4. The van der Waals surface area contributed by atoms with Crippen LogP contribution < -0.4 is 0 Å². The number of benzene rings is 1. The standard InChI is InChI=1S/C13H18O/c1-4-5-6-10(2)12-7-8-13(14)11(3)9-12/h5-10,14H,4H2,1-3H3. The van der Waals surface area contributed by atoms with Crippen molar-refractivity contribution >= 4 is 0 Å². The van der Waals surface area contributed by atoms with E-state index in [0.717, 1.165) is 12.0 Å². The summed E-state index contributed by atoms with van der Waals surface area (Å²) in [5.74, 6) is 0.801. The Hall–Kier alpha value is -1.24. The van der Waals surface area contributed by atoms with Crippen LogP contribution >= 0.6 is 0 Å². The van der Waals surface area contributed by atoms with Crippen molar-refractivity contribution in [2.24, 2.45) is 0 Å². The minimum Gasteiger partial charge on any atom is -0.508 e. The smallest absolute Gasteiger partial charge is 0.118 e. The third kappa shape index (κ3) is 2.63. The monoisotopic (exact) mass is 190 g/mol. The van der Waals surface area contributed by atoms with Gasteiger partial charge in [0, 0.05) is 0 Å². The van der Waals surface area contributed by atoms with Gasteiger partial charge in [0.1, 0.15) is 5.75 Å². The van der Waals surface area contributed by atoms with Gasteiger partial charge in [-0.15, -0.1) is 0 Å². The van der Waals surface area contributed by atoms with E-state index in [-0.39, 0.29) is 0 Å². The molecule has 0 saturated heterocycles. The Balaban J connectivity index is 2.85. The predicted molar refractivity (Wildman–Crippen MR) is 60.7 cm³/mol. The van der Waals surface area contributed by atoms with Crippen molar-refractivity contribution in [3.63, 3.8) is 0 Å². The molecule has 1 rings (SSSR count). The molecule has 14 heavy (non-hydrogen) atoms. The number of hydrogen-bond donors (Lipinski definition) is 1. The van der Waals surface area contributed by atoms with Crippen LogP contribution in [0.3, 0.4) is 0 Å². The van der Waals surface area contributed by atoms with E-state index in [1.807, 2.05) is 19.1 Å². The summed E-state index contributed by atoms with van der Waals surface area (Å²) in [7, 11) is 0. The molecular weight excluding hydrogens is 172 g/mol. The average Bonchev–Trinajstić information content (AvgIpc) is 2.18. The van der Waals surface area contributed by atoms with Crippen molar-refractivity contribution in [1.82, 2.24) is 0 Å². The summed E-state index contributed by atoms with van der Waals surface area (Å²) in [5, 5.41) is 9.38. The van der Waals surface area contributed by atoms with Crippen LogP contribution in [-0.4, -0.2) is 5.11 Å². The van der Waals surface area contributed by atoms with E-state index in [1.165, 1.54) is 5.56 Å². The first kappa shape index (κ1) is 10.8. The van der Waals surface area contributed by atoms with E-state index in [4.69, 9.17) is 0 Å². The Morgan fingerprint density at radius 3 is 2.71 bits per heavy atom. The van der Waals surface area contributed by atoms with Gasteiger partial charge in [0.15, 0.2) is 0 Å². The summed E-state index contributed by atoms with van der Waals surface area (Å²) in [6, 6.07) is 5.79. The third-order valence-electron chi connectivity index (χ3n) is 2.41. The Morgan fingerprint density at radius 2 is 2.14 bits per heavy atom. The molecule has 1 aromatic rings. The van der Waals surface area contributed by atoms with Gasteiger partial charge in [0.2, 0.25) is 0 Å². The molecule has 0 saturated carbocycles. The molecular formula is C13H18O. The molecule has 0 radical (unpaired) electrons. The Bertz CT molecular complexity index is 326. The molecule has 0 aliphatic rings. The van der Waals surface area contributed by atoms with Gasteiger partial charge in [-0.3, -0.25) is 0 Å². The number of hydrogen-bond acceptors (Lipinski definition) is 1. The molecule has 0 aliphatic carbocycles. The minimum atomic E-state index is 0.375. The second kappa shape index (κ2) is 4.85. The van der Waals surface area contributed by atoms with Crippen molar-refractivity contribution in [3.8, 4) is 5.75 Å². The number of aromatic hydroxyl groups is 1. The highest BCUT2D eigenvalue weighted by Crippen LogP contribution is 2.23. The molecule has 1 unspecified atom stereocenters. The van der Waals surface area contributed by atoms with Crippen molar-refractivity contribution < 1.29 is 5.11 Å². The zero-order chi connectivity index (χ0) is 10.6. The molecule has 1 heteroatoms. The maximum atomic E-state index is 9.38. The molecule has 1 nitrogen and oxygen atoms in total. The molecule has 0 bridgehead atoms. The zero-order valence-electron chi connectivity index (χ0n) is 9.12. The van der Waals surface area contributed by atoms with Gasteiger partial charge in [0.05, 0.1) is 0 Å². The van der Waals surface area contributed by atoms with Gasteiger partial charge in [-0.1, -0.05) is 38.1 Å². The number of phenolic OH excluding ortho intramolecular Hbond substituents is 1. The van der Waals surface area contributed by atoms with E-state index in [9.17, 15) is 5.11 Å². The van der Waals surface area contributed by atoms with Crippen LogP contribution in [0.4, 0.5) is 0 Å². The topological polar surface area (TPSA) is 20.2 Å². The highest BCUT2D eigenvalue weighted by atomic mass is 16.3. The molecule has 0 fully saturated rings. The van der Waals surface area contributed by atoms with Crippen molar-refractivity contribution in [1.29, 1.82) is 0 Å². The van der Waals surface area contributed by atoms with Crippen LogP contribution in [0.15, 0.2) is 30.4 Å². The van der Waals surface area contributed by atoms with Crippen molar-refractivity contribution in [2.45, 2.75) is 33.1 Å². The summed E-state index contributed by atoms with van der Waals surface area (Å²) in [5.41, 5.74) is 2.20. The molecule has 0 amide bonds. The first-order chi connectivity index (χ1) is 6.65. The highest BCUT2D eigenvalue weighted by molar-refractivity contribution is 5.37. The number of rotatable bonds is 3. The quantitative estimate of drug-likeness (QED) is 0.719. The fraction of sp³-hybridized carbons (Fsp3) is 0.385. The van der Waals surface area contributed by atoms with Crippen LogP contribution in [0.2, 0.25) is 0 Å². The Morgan fingerprint density at radius 1 is 1.43 bits per heavy atom. The average molecular weight is 190 g/mol. The molecule has 0 aromatic heterocycles. The zero-order valence-corrected chi connectivity index (χ0v) is 9.12. The maximum absolute atomic E-state index is 9.38. The molecule has 0 heterocycles. The lowest BCUT2D eigenvalue weighted by molar-refractivity contribution is 0.471. The molecule has 0 spiro atoms. The first-order valence-electron chi connectivity index (χ1n) is 5.11. The van der Waals surface area contributed by atoms with E-state index in [0.29, 0.717) is 11.7 Å². The second-order valence-electron chi connectivity index (χ2n) is 3.67. The summed E-state index contributed by atoms with van der Waals surface area (Å²) in [6.07, 6.45) is 5.44. The van der Waals surface area contributed by atoms with Gasteiger partial charge in [-0.25, -0.2) is 0 Å². The summed E-state index contributed by atoms with van der Waals surface area (Å²) in [4.78, 5) is 0. The third-order valence-corrected chi connectivity index (χ3v) is 2.41. The molecule has 0 aliphatic heterocycles. The largest absolute Gasteiger partial charge is 0.508 e. The fourth-order valence-corrected chi connectivity index (χ4v) is 1.41. The van der Waals surface area contributed by atoms with Crippen LogP contribution in [-0.2, 0) is 0 Å². The first-order valence-corrected chi connectivity index (χ1v) is 5.11. The van der Waals surface area contributed by atoms with Gasteiger partial charge < -0.3 is 5.11 Å². The molecule has 76 valence electrons. The van der Waals surface area contributed by atoms with Gasteiger partial charge >= 0.3 is 0 Å². The van der Waals surface area contributed by atoms with E-state index in [2.05, 4.69) is 26.0 Å². The lowest BCUT2D eigenvalue weighted by Gasteiger charge is -2.08. The van der Waals surface area contributed by atoms with Gasteiger partial charge in [-0.2, -0.15) is 0 Å². The Labute approximate surface area is 86.1 Å². The lowest BCUT2D eigenvalue weighted by Crippen LogP contribution is -1.89. The second-order valence-corrected chi connectivity index (χ2v) is 3.67. The minimum absolute atomic E-state index is 0.375. The van der Waals surface area contributed by atoms with E-state index < -0.39 is 0 Å². The van der Waals surface area contributed by atoms with Crippen LogP contribution in [0.5, 0.6) is 5.75 Å². The fourth-order valence-electron chi connectivity index (χ4n) is 1.41. The highest BCUT2D eigenvalue weighted by Gasteiger charge is 2.03. The number of allylic oxidation sites excluding steroid dienone is 2. The van der Waals surface area contributed by atoms with Crippen LogP contribution in [0, 0.1) is 6.92 Å². The van der Waals surface area contributed by atoms with E-state index in [1.54, 1.807) is 6.07 Å². The van der Waals surface area contributed by atoms with Crippen LogP contribution in [0.1, 0.15) is 37.3 Å². The number of aryl methyl sites for hydroxylation is 1. The number of phenols is 1. The maximum Gasteiger partial charge on any atom is 0.118 e. The SMILES string of the molecule is CCC=CC(C)c1ccc(O)c(C)c1. The predicted octanol–water partition coefficient (Wildman–Crippen LogP) is 3.77.